The molecule has 2 aromatic rings. The van der Waals surface area contributed by atoms with Crippen LogP contribution in [-0.4, -0.2) is 25.7 Å². The van der Waals surface area contributed by atoms with E-state index in [4.69, 9.17) is 0 Å². The van der Waals surface area contributed by atoms with Crippen LogP contribution >= 0.6 is 11.3 Å². The Bertz CT molecular complexity index is 661. The number of aryl methyl sites for hydroxylation is 1. The molecule has 110 valence electrons. The van der Waals surface area contributed by atoms with Crippen molar-refractivity contribution in [2.75, 3.05) is 7.05 Å². The Morgan fingerprint density at radius 2 is 2.05 bits per heavy atom. The smallest absolute Gasteiger partial charge is 0.258 e. The van der Waals surface area contributed by atoms with E-state index in [1.807, 2.05) is 12.1 Å². The molecule has 2 aromatic heterocycles. The zero-order chi connectivity index (χ0) is 14.6. The normalized spacial score (nSPS) is 11.9. The summed E-state index contributed by atoms with van der Waals surface area (Å²) in [7, 11) is -1.81. The zero-order valence-electron chi connectivity index (χ0n) is 11.4. The minimum absolute atomic E-state index is 0.124. The fourth-order valence-electron chi connectivity index (χ4n) is 1.79. The summed E-state index contributed by atoms with van der Waals surface area (Å²) in [5.41, 5.74) is 0.625. The number of aromatic nitrogens is 2. The minimum Gasteiger partial charge on any atom is -0.316 e. The topological polar surface area (TPSA) is 86.9 Å². The van der Waals surface area contributed by atoms with Crippen LogP contribution in [0.5, 0.6) is 0 Å². The van der Waals surface area contributed by atoms with Gasteiger partial charge >= 0.3 is 0 Å². The van der Waals surface area contributed by atoms with Gasteiger partial charge in [0.2, 0.25) is 0 Å². The number of thiophene rings is 1. The largest absolute Gasteiger partial charge is 0.316 e. The lowest BCUT2D eigenvalue weighted by Crippen LogP contribution is -2.24. The second-order valence-electron chi connectivity index (χ2n) is 4.30. The van der Waals surface area contributed by atoms with Gasteiger partial charge in [-0.3, -0.25) is 5.10 Å². The Morgan fingerprint density at radius 3 is 2.70 bits per heavy atom. The molecule has 0 saturated heterocycles. The summed E-state index contributed by atoms with van der Waals surface area (Å²) >= 11 is 1.62. The van der Waals surface area contributed by atoms with E-state index in [1.54, 1.807) is 18.4 Å². The molecular formula is C12H18N4O2S2. The molecule has 0 fully saturated rings. The van der Waals surface area contributed by atoms with E-state index < -0.39 is 10.0 Å². The molecule has 20 heavy (non-hydrogen) atoms. The molecule has 0 saturated carbocycles. The first-order valence-corrected chi connectivity index (χ1v) is 8.61. The third kappa shape index (κ3) is 3.45. The lowest BCUT2D eigenvalue weighted by Gasteiger charge is -2.05. The highest BCUT2D eigenvalue weighted by atomic mass is 32.2. The summed E-state index contributed by atoms with van der Waals surface area (Å²) < 4.78 is 27.1. The van der Waals surface area contributed by atoms with Crippen LogP contribution in [0.2, 0.25) is 0 Å². The van der Waals surface area contributed by atoms with E-state index in [9.17, 15) is 8.42 Å². The Kier molecular flexibility index (Phi) is 4.92. The summed E-state index contributed by atoms with van der Waals surface area (Å²) in [6.07, 6.45) is 2.48. The molecule has 0 spiro atoms. The summed E-state index contributed by atoms with van der Waals surface area (Å²) in [5.74, 6) is 0. The van der Waals surface area contributed by atoms with E-state index >= 15 is 0 Å². The number of hydrogen-bond donors (Lipinski definition) is 3. The van der Waals surface area contributed by atoms with Crippen molar-refractivity contribution in [3.8, 4) is 0 Å². The summed E-state index contributed by atoms with van der Waals surface area (Å²) in [6.45, 7) is 2.82. The van der Waals surface area contributed by atoms with Crippen LogP contribution in [0.3, 0.4) is 0 Å². The molecule has 0 unspecified atom stereocenters. The number of hydrogen-bond acceptors (Lipinski definition) is 5. The Labute approximate surface area is 122 Å². The Balaban J connectivity index is 2.08. The SMILES string of the molecule is CCc1ccc(CNS(=O)(=O)c2[nH]ncc2CNC)s1. The lowest BCUT2D eigenvalue weighted by molar-refractivity contribution is 0.575. The van der Waals surface area contributed by atoms with Gasteiger partial charge in [0.15, 0.2) is 5.03 Å². The van der Waals surface area contributed by atoms with Crippen LogP contribution in [0.1, 0.15) is 22.2 Å². The molecule has 0 aliphatic heterocycles. The molecule has 0 aliphatic carbocycles. The number of sulfonamides is 1. The molecule has 0 aliphatic rings. The minimum atomic E-state index is -3.57. The highest BCUT2D eigenvalue weighted by Crippen LogP contribution is 2.18. The van der Waals surface area contributed by atoms with E-state index in [1.165, 1.54) is 11.1 Å². The lowest BCUT2D eigenvalue weighted by atomic mass is 10.4. The third-order valence-electron chi connectivity index (χ3n) is 2.82. The fraction of sp³-hybridized carbons (Fsp3) is 0.417. The molecule has 0 atom stereocenters. The van der Waals surface area contributed by atoms with Gasteiger partial charge in [-0.15, -0.1) is 11.3 Å². The van der Waals surface area contributed by atoms with Gasteiger partial charge in [-0.1, -0.05) is 6.92 Å². The van der Waals surface area contributed by atoms with Crippen LogP contribution in [-0.2, 0) is 29.5 Å². The molecule has 8 heteroatoms. The highest BCUT2D eigenvalue weighted by Gasteiger charge is 2.20. The molecule has 0 bridgehead atoms. The molecule has 3 N–H and O–H groups in total. The van der Waals surface area contributed by atoms with Crippen molar-refractivity contribution in [1.29, 1.82) is 0 Å². The predicted octanol–water partition coefficient (Wildman–Crippen LogP) is 1.23. The monoisotopic (exact) mass is 314 g/mol. The second-order valence-corrected chi connectivity index (χ2v) is 7.26. The van der Waals surface area contributed by atoms with Crippen molar-refractivity contribution in [3.63, 3.8) is 0 Å². The number of nitrogens with one attached hydrogen (secondary N) is 3. The Hall–Kier alpha value is -1.22. The van der Waals surface area contributed by atoms with E-state index in [0.717, 1.165) is 11.3 Å². The molecule has 0 amide bonds. The summed E-state index contributed by atoms with van der Waals surface area (Å²) in [6, 6.07) is 3.98. The molecular weight excluding hydrogens is 296 g/mol. The van der Waals surface area contributed by atoms with Crippen molar-refractivity contribution in [2.45, 2.75) is 31.5 Å². The van der Waals surface area contributed by atoms with Crippen LogP contribution in [0.15, 0.2) is 23.4 Å². The van der Waals surface area contributed by atoms with Gasteiger partial charge in [-0.25, -0.2) is 13.1 Å². The number of nitrogens with zero attached hydrogens (tertiary/aromatic N) is 1. The second kappa shape index (κ2) is 6.49. The summed E-state index contributed by atoms with van der Waals surface area (Å²) in [5, 5.41) is 9.39. The van der Waals surface area contributed by atoms with Gasteiger partial charge in [0.25, 0.3) is 10.0 Å². The number of aromatic amines is 1. The predicted molar refractivity (Wildman–Crippen MR) is 79.1 cm³/mol. The third-order valence-corrected chi connectivity index (χ3v) is 5.46. The quantitative estimate of drug-likeness (QED) is 0.717. The van der Waals surface area contributed by atoms with Crippen LogP contribution in [0.25, 0.3) is 0 Å². The van der Waals surface area contributed by atoms with E-state index in [-0.39, 0.29) is 5.03 Å². The van der Waals surface area contributed by atoms with Gasteiger partial charge in [-0.05, 0) is 25.6 Å². The van der Waals surface area contributed by atoms with Crippen molar-refractivity contribution in [3.05, 3.63) is 33.6 Å². The van der Waals surface area contributed by atoms with Crippen LogP contribution < -0.4 is 10.0 Å². The van der Waals surface area contributed by atoms with E-state index in [0.29, 0.717) is 18.7 Å². The van der Waals surface area contributed by atoms with Crippen molar-refractivity contribution >= 4 is 21.4 Å². The standard InChI is InChI=1S/C12H18N4O2S2/c1-3-10-4-5-11(19-10)8-15-20(17,18)12-9(6-13-2)7-14-16-12/h4-5,7,13,15H,3,6,8H2,1-2H3,(H,14,16). The van der Waals surface area contributed by atoms with Gasteiger partial charge in [0.05, 0.1) is 6.20 Å². The summed E-state index contributed by atoms with van der Waals surface area (Å²) in [4.78, 5) is 2.25. The van der Waals surface area contributed by atoms with Crippen LogP contribution in [0, 0.1) is 0 Å². The Morgan fingerprint density at radius 1 is 1.30 bits per heavy atom. The van der Waals surface area contributed by atoms with E-state index in [2.05, 4.69) is 27.2 Å². The molecule has 0 aromatic carbocycles. The average Bonchev–Trinajstić information content (AvgIpc) is 3.05. The average molecular weight is 314 g/mol. The highest BCUT2D eigenvalue weighted by molar-refractivity contribution is 7.89. The number of rotatable bonds is 7. The van der Waals surface area contributed by atoms with Crippen LogP contribution in [0.4, 0.5) is 0 Å². The van der Waals surface area contributed by atoms with Crippen molar-refractivity contribution < 1.29 is 8.42 Å². The maximum atomic E-state index is 12.2. The van der Waals surface area contributed by atoms with Gasteiger partial charge in [0, 0.05) is 28.4 Å². The fourth-order valence-corrected chi connectivity index (χ4v) is 3.92. The maximum Gasteiger partial charge on any atom is 0.258 e. The first-order valence-electron chi connectivity index (χ1n) is 6.31. The molecule has 0 radical (unpaired) electrons. The molecule has 2 heterocycles. The number of H-pyrrole nitrogens is 1. The van der Waals surface area contributed by atoms with Gasteiger partial charge < -0.3 is 5.32 Å². The first-order chi connectivity index (χ1) is 9.56. The van der Waals surface area contributed by atoms with Crippen molar-refractivity contribution in [2.24, 2.45) is 0 Å². The van der Waals surface area contributed by atoms with Gasteiger partial charge in [-0.2, -0.15) is 5.10 Å². The molecule has 2 rings (SSSR count). The zero-order valence-corrected chi connectivity index (χ0v) is 13.1. The first kappa shape index (κ1) is 15.2. The molecule has 6 nitrogen and oxygen atoms in total. The van der Waals surface area contributed by atoms with Crippen molar-refractivity contribution in [1.82, 2.24) is 20.2 Å². The maximum absolute atomic E-state index is 12.2. The van der Waals surface area contributed by atoms with Gasteiger partial charge in [0.1, 0.15) is 0 Å².